The Bertz CT molecular complexity index is 572. The monoisotopic (exact) mass is 349 g/mol. The van der Waals surface area contributed by atoms with Gasteiger partial charge in [0, 0.05) is 23.6 Å². The summed E-state index contributed by atoms with van der Waals surface area (Å²) >= 11 is 2.09. The highest BCUT2D eigenvalue weighted by molar-refractivity contribution is 8.00. The fourth-order valence-corrected chi connectivity index (χ4v) is 5.87. The van der Waals surface area contributed by atoms with Gasteiger partial charge in [-0.1, -0.05) is 24.5 Å². The highest BCUT2D eigenvalue weighted by atomic mass is 32.2. The molecule has 2 aliphatic heterocycles. The van der Waals surface area contributed by atoms with Crippen LogP contribution in [-0.4, -0.2) is 62.5 Å². The van der Waals surface area contributed by atoms with Gasteiger partial charge in [-0.25, -0.2) is 4.68 Å². The molecule has 3 aliphatic rings. The van der Waals surface area contributed by atoms with E-state index in [0.717, 1.165) is 44.8 Å². The first-order valence-corrected chi connectivity index (χ1v) is 10.3. The number of hydrogen-bond donors (Lipinski definition) is 1. The molecule has 1 aromatic rings. The molecule has 4 rings (SSSR count). The van der Waals surface area contributed by atoms with Gasteiger partial charge in [-0.05, 0) is 38.8 Å². The molecule has 1 spiro atoms. The molecule has 3 heterocycles. The lowest BCUT2D eigenvalue weighted by atomic mass is 9.87. The van der Waals surface area contributed by atoms with E-state index >= 15 is 0 Å². The molecular weight excluding hydrogens is 322 g/mol. The van der Waals surface area contributed by atoms with Crippen LogP contribution >= 0.6 is 11.8 Å². The molecule has 0 bridgehead atoms. The van der Waals surface area contributed by atoms with Gasteiger partial charge in [-0.15, -0.1) is 5.10 Å². The molecule has 24 heavy (non-hydrogen) atoms. The van der Waals surface area contributed by atoms with Crippen LogP contribution in [0.2, 0.25) is 0 Å². The van der Waals surface area contributed by atoms with E-state index in [4.69, 9.17) is 0 Å². The number of piperidine rings is 1. The molecular formula is C17H27N5OS. The Kier molecular flexibility index (Phi) is 4.81. The second-order valence-corrected chi connectivity index (χ2v) is 8.95. The minimum atomic E-state index is 0.0698. The first-order chi connectivity index (χ1) is 11.8. The van der Waals surface area contributed by atoms with E-state index in [1.54, 1.807) is 0 Å². The second kappa shape index (κ2) is 7.04. The number of nitrogens with one attached hydrogen (secondary N) is 1. The topological polar surface area (TPSA) is 63.1 Å². The highest BCUT2D eigenvalue weighted by Crippen LogP contribution is 2.42. The molecule has 7 heteroatoms. The van der Waals surface area contributed by atoms with Crippen molar-refractivity contribution < 1.29 is 4.79 Å². The van der Waals surface area contributed by atoms with Crippen molar-refractivity contribution >= 4 is 17.7 Å². The third kappa shape index (κ3) is 3.33. The molecule has 3 fully saturated rings. The summed E-state index contributed by atoms with van der Waals surface area (Å²) < 4.78 is 2.21. The maximum absolute atomic E-state index is 12.9. The third-order valence-corrected chi connectivity index (χ3v) is 7.25. The van der Waals surface area contributed by atoms with Crippen molar-refractivity contribution in [2.24, 2.45) is 0 Å². The predicted molar refractivity (Wildman–Crippen MR) is 95.3 cm³/mol. The minimum Gasteiger partial charge on any atom is -0.335 e. The standard InChI is InChI=1S/C17H27N5OS/c23-16(15-12-22(20-19-15)14-4-8-18-9-5-14)21-10-11-24-17(13-21)6-2-1-3-7-17/h12,14,18H,1-11,13H2. The summed E-state index contributed by atoms with van der Waals surface area (Å²) in [5, 5.41) is 11.8. The summed E-state index contributed by atoms with van der Waals surface area (Å²) in [5.74, 6) is 1.12. The van der Waals surface area contributed by atoms with Crippen LogP contribution in [0.4, 0.5) is 0 Å². The average Bonchev–Trinajstić information content (AvgIpc) is 3.13. The molecule has 0 radical (unpaired) electrons. The molecule has 0 unspecified atom stereocenters. The molecule has 2 saturated heterocycles. The van der Waals surface area contributed by atoms with Gasteiger partial charge in [0.2, 0.25) is 0 Å². The third-order valence-electron chi connectivity index (χ3n) is 5.71. The van der Waals surface area contributed by atoms with E-state index in [-0.39, 0.29) is 5.91 Å². The zero-order valence-corrected chi connectivity index (χ0v) is 15.1. The van der Waals surface area contributed by atoms with Gasteiger partial charge < -0.3 is 10.2 Å². The number of hydrogen-bond acceptors (Lipinski definition) is 5. The zero-order chi connectivity index (χ0) is 16.4. The minimum absolute atomic E-state index is 0.0698. The molecule has 1 amide bonds. The molecule has 1 saturated carbocycles. The van der Waals surface area contributed by atoms with Crippen molar-refractivity contribution in [2.45, 2.75) is 55.7 Å². The fraction of sp³-hybridized carbons (Fsp3) is 0.824. The predicted octanol–water partition coefficient (Wildman–Crippen LogP) is 2.09. The average molecular weight is 350 g/mol. The van der Waals surface area contributed by atoms with E-state index in [1.165, 1.54) is 32.1 Å². The molecule has 6 nitrogen and oxygen atoms in total. The second-order valence-electron chi connectivity index (χ2n) is 7.38. The van der Waals surface area contributed by atoms with E-state index in [0.29, 0.717) is 16.5 Å². The number of carbonyl (C=O) groups is 1. The van der Waals surface area contributed by atoms with Crippen LogP contribution in [0.3, 0.4) is 0 Å². The number of rotatable bonds is 2. The van der Waals surface area contributed by atoms with Gasteiger partial charge in [0.25, 0.3) is 5.91 Å². The van der Waals surface area contributed by atoms with Crippen molar-refractivity contribution in [3.63, 3.8) is 0 Å². The first kappa shape index (κ1) is 16.4. The number of carbonyl (C=O) groups excluding carboxylic acids is 1. The van der Waals surface area contributed by atoms with Crippen LogP contribution < -0.4 is 5.32 Å². The Hall–Kier alpha value is -1.08. The normalized spacial score (nSPS) is 25.1. The number of nitrogens with zero attached hydrogens (tertiary/aromatic N) is 4. The maximum atomic E-state index is 12.9. The smallest absolute Gasteiger partial charge is 0.276 e. The molecule has 132 valence electrons. The maximum Gasteiger partial charge on any atom is 0.276 e. The summed E-state index contributed by atoms with van der Waals surface area (Å²) in [6, 6.07) is 0.377. The Balaban J connectivity index is 1.44. The van der Waals surface area contributed by atoms with Gasteiger partial charge >= 0.3 is 0 Å². The summed E-state index contributed by atoms with van der Waals surface area (Å²) in [6.07, 6.45) is 10.4. The fourth-order valence-electron chi connectivity index (χ4n) is 4.30. The van der Waals surface area contributed by atoms with Crippen molar-refractivity contribution in [1.82, 2.24) is 25.2 Å². The summed E-state index contributed by atoms with van der Waals surface area (Å²) in [5.41, 5.74) is 0.520. The van der Waals surface area contributed by atoms with Crippen LogP contribution in [0, 0.1) is 0 Å². The van der Waals surface area contributed by atoms with E-state index in [9.17, 15) is 4.79 Å². The Labute approximate surface area is 147 Å². The van der Waals surface area contributed by atoms with Crippen molar-refractivity contribution in [3.05, 3.63) is 11.9 Å². The van der Waals surface area contributed by atoms with Gasteiger partial charge in [-0.2, -0.15) is 11.8 Å². The van der Waals surface area contributed by atoms with Crippen molar-refractivity contribution in [1.29, 1.82) is 0 Å². The van der Waals surface area contributed by atoms with E-state index in [2.05, 4.69) is 27.4 Å². The van der Waals surface area contributed by atoms with Crippen LogP contribution in [-0.2, 0) is 0 Å². The Morgan fingerprint density at radius 1 is 1.25 bits per heavy atom. The summed E-state index contributed by atoms with van der Waals surface area (Å²) in [7, 11) is 0. The number of aromatic nitrogens is 3. The lowest BCUT2D eigenvalue weighted by molar-refractivity contribution is 0.0724. The molecule has 1 aromatic heterocycles. The van der Waals surface area contributed by atoms with E-state index in [1.807, 2.05) is 15.8 Å². The summed E-state index contributed by atoms with van der Waals surface area (Å²) in [4.78, 5) is 14.9. The lowest BCUT2D eigenvalue weighted by Crippen LogP contribution is -2.50. The van der Waals surface area contributed by atoms with E-state index < -0.39 is 0 Å². The molecule has 1 aliphatic carbocycles. The Morgan fingerprint density at radius 3 is 2.83 bits per heavy atom. The van der Waals surface area contributed by atoms with Crippen molar-refractivity contribution in [3.8, 4) is 0 Å². The first-order valence-electron chi connectivity index (χ1n) is 9.32. The van der Waals surface area contributed by atoms with Crippen LogP contribution in [0.5, 0.6) is 0 Å². The van der Waals surface area contributed by atoms with Crippen LogP contribution in [0.15, 0.2) is 6.20 Å². The van der Waals surface area contributed by atoms with Gasteiger partial charge in [0.05, 0.1) is 12.2 Å². The van der Waals surface area contributed by atoms with Crippen LogP contribution in [0.1, 0.15) is 61.5 Å². The largest absolute Gasteiger partial charge is 0.335 e. The van der Waals surface area contributed by atoms with Gasteiger partial charge in [-0.3, -0.25) is 4.79 Å². The number of amides is 1. The SMILES string of the molecule is O=C(c1cn(C2CCNCC2)nn1)N1CCSC2(CCCCC2)C1. The number of thioether (sulfide) groups is 1. The molecule has 1 N–H and O–H groups in total. The van der Waals surface area contributed by atoms with Crippen LogP contribution in [0.25, 0.3) is 0 Å². The molecule has 0 atom stereocenters. The molecule has 0 aromatic carbocycles. The van der Waals surface area contributed by atoms with Gasteiger partial charge in [0.15, 0.2) is 5.69 Å². The quantitative estimate of drug-likeness (QED) is 0.886. The van der Waals surface area contributed by atoms with Gasteiger partial charge in [0.1, 0.15) is 0 Å². The Morgan fingerprint density at radius 2 is 2.04 bits per heavy atom. The zero-order valence-electron chi connectivity index (χ0n) is 14.2. The lowest BCUT2D eigenvalue weighted by Gasteiger charge is -2.44. The highest BCUT2D eigenvalue weighted by Gasteiger charge is 2.39. The summed E-state index contributed by atoms with van der Waals surface area (Å²) in [6.45, 7) is 3.75. The van der Waals surface area contributed by atoms with Crippen molar-refractivity contribution in [2.75, 3.05) is 31.9 Å².